The zero-order valence-corrected chi connectivity index (χ0v) is 9.81. The van der Waals surface area contributed by atoms with Crippen LogP contribution in [0.15, 0.2) is 6.20 Å². The maximum Gasteiger partial charge on any atom is 0.276 e. The average molecular weight is 222 g/mol. The van der Waals surface area contributed by atoms with Crippen molar-refractivity contribution in [3.8, 4) is 0 Å². The Labute approximate surface area is 95.2 Å². The lowest BCUT2D eigenvalue weighted by Gasteiger charge is -2.14. The van der Waals surface area contributed by atoms with Gasteiger partial charge in [0.15, 0.2) is 5.69 Å². The Hall–Kier alpha value is -1.52. The summed E-state index contributed by atoms with van der Waals surface area (Å²) >= 11 is 0. The van der Waals surface area contributed by atoms with E-state index in [9.17, 15) is 4.79 Å². The van der Waals surface area contributed by atoms with Crippen molar-refractivity contribution in [3.63, 3.8) is 0 Å². The highest BCUT2D eigenvalue weighted by atomic mass is 16.2. The molecule has 1 aliphatic rings. The third kappa shape index (κ3) is 1.89. The molecule has 0 bridgehead atoms. The first-order valence-corrected chi connectivity index (χ1v) is 5.74. The Morgan fingerprint density at radius 1 is 1.69 bits per heavy atom. The second-order valence-electron chi connectivity index (χ2n) is 4.43. The van der Waals surface area contributed by atoms with Gasteiger partial charge >= 0.3 is 0 Å². The Morgan fingerprint density at radius 3 is 2.94 bits per heavy atom. The van der Waals surface area contributed by atoms with Crippen molar-refractivity contribution >= 4 is 11.6 Å². The van der Waals surface area contributed by atoms with E-state index in [0.29, 0.717) is 17.3 Å². The zero-order valence-electron chi connectivity index (χ0n) is 9.81. The molecule has 2 rings (SSSR count). The maximum atomic E-state index is 12.1. The van der Waals surface area contributed by atoms with Crippen LogP contribution < -0.4 is 5.73 Å². The predicted molar refractivity (Wildman–Crippen MR) is 62.0 cm³/mol. The van der Waals surface area contributed by atoms with Gasteiger partial charge < -0.3 is 10.6 Å². The van der Waals surface area contributed by atoms with Crippen molar-refractivity contribution in [2.75, 3.05) is 18.8 Å². The van der Waals surface area contributed by atoms with Gasteiger partial charge in [-0.3, -0.25) is 9.48 Å². The molecule has 1 aliphatic heterocycles. The molecule has 1 fully saturated rings. The Balaban J connectivity index is 2.17. The van der Waals surface area contributed by atoms with Crippen molar-refractivity contribution in [3.05, 3.63) is 11.9 Å². The standard InChI is InChI=1S/C11H18N4O/c1-3-15-7-9(12)10(13-15)11(16)14-5-4-8(2)6-14/h7-8H,3-6,12H2,1-2H3. The fourth-order valence-electron chi connectivity index (χ4n) is 2.03. The van der Waals surface area contributed by atoms with Crippen LogP contribution in [-0.2, 0) is 6.54 Å². The smallest absolute Gasteiger partial charge is 0.276 e. The van der Waals surface area contributed by atoms with Crippen molar-refractivity contribution in [1.82, 2.24) is 14.7 Å². The minimum atomic E-state index is -0.0333. The van der Waals surface area contributed by atoms with Gasteiger partial charge in [0.2, 0.25) is 0 Å². The number of hydrogen-bond acceptors (Lipinski definition) is 3. The number of nitrogens with zero attached hydrogens (tertiary/aromatic N) is 3. The van der Waals surface area contributed by atoms with E-state index in [1.807, 2.05) is 11.8 Å². The fraction of sp³-hybridized carbons (Fsp3) is 0.636. The van der Waals surface area contributed by atoms with Gasteiger partial charge in [0.1, 0.15) is 0 Å². The molecule has 16 heavy (non-hydrogen) atoms. The maximum absolute atomic E-state index is 12.1. The van der Waals surface area contributed by atoms with Gasteiger partial charge in [-0.25, -0.2) is 0 Å². The van der Waals surface area contributed by atoms with Gasteiger partial charge in [0.05, 0.1) is 5.69 Å². The molecule has 1 aromatic rings. The summed E-state index contributed by atoms with van der Waals surface area (Å²) in [7, 11) is 0. The van der Waals surface area contributed by atoms with E-state index in [2.05, 4.69) is 12.0 Å². The normalized spacial score (nSPS) is 20.4. The first-order valence-electron chi connectivity index (χ1n) is 5.74. The van der Waals surface area contributed by atoms with E-state index >= 15 is 0 Å². The van der Waals surface area contributed by atoms with Crippen LogP contribution in [0.3, 0.4) is 0 Å². The number of anilines is 1. The van der Waals surface area contributed by atoms with E-state index in [1.54, 1.807) is 10.9 Å². The molecular formula is C11H18N4O. The molecule has 88 valence electrons. The molecule has 1 unspecified atom stereocenters. The molecule has 5 heteroatoms. The van der Waals surface area contributed by atoms with Gasteiger partial charge in [-0.15, -0.1) is 0 Å². The number of likely N-dealkylation sites (tertiary alicyclic amines) is 1. The second kappa shape index (κ2) is 4.15. The number of nitrogen functional groups attached to an aromatic ring is 1. The number of carbonyl (C=O) groups is 1. The van der Waals surface area contributed by atoms with Crippen molar-refractivity contribution in [2.45, 2.75) is 26.8 Å². The lowest BCUT2D eigenvalue weighted by atomic mass is 10.2. The molecule has 1 saturated heterocycles. The number of nitrogens with two attached hydrogens (primary N) is 1. The van der Waals surface area contributed by atoms with E-state index in [-0.39, 0.29) is 5.91 Å². The molecule has 0 aliphatic carbocycles. The average Bonchev–Trinajstić information content (AvgIpc) is 2.83. The quantitative estimate of drug-likeness (QED) is 0.810. The molecule has 2 heterocycles. The van der Waals surface area contributed by atoms with Crippen LogP contribution in [0.4, 0.5) is 5.69 Å². The second-order valence-corrected chi connectivity index (χ2v) is 4.43. The lowest BCUT2D eigenvalue weighted by Crippen LogP contribution is -2.29. The summed E-state index contributed by atoms with van der Waals surface area (Å²) in [5, 5.41) is 4.20. The van der Waals surface area contributed by atoms with E-state index in [0.717, 1.165) is 26.1 Å². The number of aromatic nitrogens is 2. The van der Waals surface area contributed by atoms with Crippen LogP contribution in [0.25, 0.3) is 0 Å². The summed E-state index contributed by atoms with van der Waals surface area (Å²) < 4.78 is 1.70. The highest BCUT2D eigenvalue weighted by Gasteiger charge is 2.27. The lowest BCUT2D eigenvalue weighted by molar-refractivity contribution is 0.0782. The van der Waals surface area contributed by atoms with Gasteiger partial charge in [0.25, 0.3) is 5.91 Å². The molecule has 0 aromatic carbocycles. The summed E-state index contributed by atoms with van der Waals surface area (Å²) in [5.41, 5.74) is 6.67. The van der Waals surface area contributed by atoms with Gasteiger partial charge in [-0.05, 0) is 19.3 Å². The minimum Gasteiger partial charge on any atom is -0.396 e. The van der Waals surface area contributed by atoms with Crippen molar-refractivity contribution < 1.29 is 4.79 Å². The number of rotatable bonds is 2. The molecule has 0 spiro atoms. The van der Waals surface area contributed by atoms with Crippen LogP contribution in [0, 0.1) is 5.92 Å². The summed E-state index contributed by atoms with van der Waals surface area (Å²) in [6, 6.07) is 0. The molecule has 0 saturated carbocycles. The van der Waals surface area contributed by atoms with E-state index < -0.39 is 0 Å². The van der Waals surface area contributed by atoms with Crippen molar-refractivity contribution in [1.29, 1.82) is 0 Å². The summed E-state index contributed by atoms with van der Waals surface area (Å²) in [4.78, 5) is 13.9. The molecule has 1 amide bonds. The highest BCUT2D eigenvalue weighted by Crippen LogP contribution is 2.19. The van der Waals surface area contributed by atoms with Crippen LogP contribution in [-0.4, -0.2) is 33.7 Å². The zero-order chi connectivity index (χ0) is 11.7. The first-order chi connectivity index (χ1) is 7.61. The summed E-state index contributed by atoms with van der Waals surface area (Å²) in [6.45, 7) is 6.49. The Bertz CT molecular complexity index is 399. The van der Waals surface area contributed by atoms with Gasteiger partial charge in [0, 0.05) is 25.8 Å². The fourth-order valence-corrected chi connectivity index (χ4v) is 2.03. The number of hydrogen-bond donors (Lipinski definition) is 1. The van der Waals surface area contributed by atoms with Crippen molar-refractivity contribution in [2.24, 2.45) is 5.92 Å². The third-order valence-corrected chi connectivity index (χ3v) is 3.03. The monoisotopic (exact) mass is 222 g/mol. The molecule has 1 aromatic heterocycles. The number of carbonyl (C=O) groups excluding carboxylic acids is 1. The molecular weight excluding hydrogens is 204 g/mol. The molecule has 5 nitrogen and oxygen atoms in total. The molecule has 2 N–H and O–H groups in total. The summed E-state index contributed by atoms with van der Waals surface area (Å²) in [6.07, 6.45) is 2.78. The highest BCUT2D eigenvalue weighted by molar-refractivity contribution is 5.97. The van der Waals surface area contributed by atoms with Crippen LogP contribution in [0.1, 0.15) is 30.8 Å². The molecule has 1 atom stereocenters. The SMILES string of the molecule is CCn1cc(N)c(C(=O)N2CCC(C)C2)n1. The largest absolute Gasteiger partial charge is 0.396 e. The number of amides is 1. The number of aryl methyl sites for hydroxylation is 1. The minimum absolute atomic E-state index is 0.0333. The predicted octanol–water partition coefficient (Wildman–Crippen LogP) is 0.967. The Morgan fingerprint density at radius 2 is 2.44 bits per heavy atom. The van der Waals surface area contributed by atoms with Gasteiger partial charge in [-0.1, -0.05) is 6.92 Å². The van der Waals surface area contributed by atoms with E-state index in [4.69, 9.17) is 5.73 Å². The first kappa shape index (κ1) is 11.0. The topological polar surface area (TPSA) is 64.2 Å². The summed E-state index contributed by atoms with van der Waals surface area (Å²) in [5.74, 6) is 0.549. The Kier molecular flexibility index (Phi) is 2.85. The van der Waals surface area contributed by atoms with Crippen LogP contribution in [0.2, 0.25) is 0 Å². The van der Waals surface area contributed by atoms with Crippen LogP contribution >= 0.6 is 0 Å². The van der Waals surface area contributed by atoms with E-state index in [1.165, 1.54) is 0 Å². The van der Waals surface area contributed by atoms with Gasteiger partial charge in [-0.2, -0.15) is 5.10 Å². The third-order valence-electron chi connectivity index (χ3n) is 3.03. The molecule has 0 radical (unpaired) electrons. The van der Waals surface area contributed by atoms with Crippen LogP contribution in [0.5, 0.6) is 0 Å².